The minimum absolute atomic E-state index is 0.106. The van der Waals surface area contributed by atoms with Crippen LogP contribution in [0.5, 0.6) is 0 Å². The van der Waals surface area contributed by atoms with Crippen molar-refractivity contribution in [3.63, 3.8) is 0 Å². The van der Waals surface area contributed by atoms with Crippen molar-refractivity contribution in [2.45, 2.75) is 419 Å². The summed E-state index contributed by atoms with van der Waals surface area (Å²) < 4.78 is 68.5. The van der Waals surface area contributed by atoms with E-state index in [2.05, 4.69) is 41.5 Å². The molecule has 0 aromatic carbocycles. The molecule has 0 aromatic heterocycles. The molecule has 0 bridgehead atoms. The van der Waals surface area contributed by atoms with Crippen LogP contribution in [0.15, 0.2) is 0 Å². The van der Waals surface area contributed by atoms with Crippen LogP contribution in [0.4, 0.5) is 0 Å². The number of rotatable bonds is 76. The molecule has 0 saturated carbocycles. The first-order valence-electron chi connectivity index (χ1n) is 40.0. The number of carbonyl (C=O) groups excluding carboxylic acids is 4. The second-order valence-corrected chi connectivity index (χ2v) is 31.6. The monoisotopic (exact) mass is 1410 g/mol. The third-order valence-electron chi connectivity index (χ3n) is 18.0. The zero-order chi connectivity index (χ0) is 70.7. The topological polar surface area (TPSA) is 237 Å². The minimum Gasteiger partial charge on any atom is -0.462 e. The maximum absolute atomic E-state index is 13.1. The first-order valence-corrected chi connectivity index (χ1v) is 43.0. The quantitative estimate of drug-likeness (QED) is 0.0222. The van der Waals surface area contributed by atoms with Gasteiger partial charge in [0.25, 0.3) is 0 Å². The first kappa shape index (κ1) is 94.1. The van der Waals surface area contributed by atoms with Crippen LogP contribution in [-0.4, -0.2) is 96.7 Å². The van der Waals surface area contributed by atoms with E-state index in [0.29, 0.717) is 25.7 Å². The Morgan fingerprint density at radius 3 is 0.708 bits per heavy atom. The Kier molecular flexibility index (Phi) is 67.4. The van der Waals surface area contributed by atoms with E-state index in [0.717, 1.165) is 108 Å². The number of phosphoric acid groups is 2. The number of carbonyl (C=O) groups is 4. The molecule has 570 valence electrons. The first-order chi connectivity index (χ1) is 46.4. The summed E-state index contributed by atoms with van der Waals surface area (Å²) in [6.45, 7) is 9.59. The van der Waals surface area contributed by atoms with Gasteiger partial charge in [0.2, 0.25) is 0 Å². The number of hydrogen-bond acceptors (Lipinski definition) is 15. The van der Waals surface area contributed by atoms with Gasteiger partial charge in [-0.2, -0.15) is 0 Å². The summed E-state index contributed by atoms with van der Waals surface area (Å²) in [6, 6.07) is 0. The average Bonchev–Trinajstić information content (AvgIpc) is 1.46. The van der Waals surface area contributed by atoms with Gasteiger partial charge in [-0.3, -0.25) is 37.3 Å². The molecule has 3 N–H and O–H groups in total. The van der Waals surface area contributed by atoms with Crippen molar-refractivity contribution in [3.05, 3.63) is 0 Å². The highest BCUT2D eigenvalue weighted by atomic mass is 31.2. The van der Waals surface area contributed by atoms with Crippen LogP contribution in [0.3, 0.4) is 0 Å². The molecule has 0 radical (unpaired) electrons. The van der Waals surface area contributed by atoms with Crippen molar-refractivity contribution >= 4 is 39.5 Å². The summed E-state index contributed by atoms with van der Waals surface area (Å²) >= 11 is 0. The Hall–Kier alpha value is -1.94. The van der Waals surface area contributed by atoms with Gasteiger partial charge in [-0.1, -0.05) is 350 Å². The van der Waals surface area contributed by atoms with E-state index in [4.69, 9.17) is 37.0 Å². The van der Waals surface area contributed by atoms with E-state index in [1.807, 2.05) is 0 Å². The number of unbranched alkanes of at least 4 members (excludes halogenated alkanes) is 46. The second-order valence-electron chi connectivity index (χ2n) is 28.7. The highest BCUT2D eigenvalue weighted by Crippen LogP contribution is 2.45. The van der Waals surface area contributed by atoms with Gasteiger partial charge in [0.05, 0.1) is 26.4 Å². The van der Waals surface area contributed by atoms with E-state index in [9.17, 15) is 43.2 Å². The second kappa shape index (κ2) is 68.8. The van der Waals surface area contributed by atoms with Gasteiger partial charge < -0.3 is 33.8 Å². The molecule has 0 spiro atoms. The summed E-state index contributed by atoms with van der Waals surface area (Å²) in [5, 5.41) is 10.6. The summed E-state index contributed by atoms with van der Waals surface area (Å²) in [4.78, 5) is 72.8. The van der Waals surface area contributed by atoms with Gasteiger partial charge in [-0.05, 0) is 37.5 Å². The molecule has 0 aliphatic rings. The van der Waals surface area contributed by atoms with Gasteiger partial charge in [-0.25, -0.2) is 9.13 Å². The fourth-order valence-corrected chi connectivity index (χ4v) is 13.4. The lowest BCUT2D eigenvalue weighted by Gasteiger charge is -2.21. The van der Waals surface area contributed by atoms with E-state index >= 15 is 0 Å². The molecule has 19 heteroatoms. The lowest BCUT2D eigenvalue weighted by Crippen LogP contribution is -2.30. The van der Waals surface area contributed by atoms with Crippen LogP contribution in [0, 0.1) is 11.8 Å². The predicted molar refractivity (Wildman–Crippen MR) is 391 cm³/mol. The maximum Gasteiger partial charge on any atom is 0.472 e. The van der Waals surface area contributed by atoms with Gasteiger partial charge in [-0.15, -0.1) is 0 Å². The molecule has 2 unspecified atom stereocenters. The van der Waals surface area contributed by atoms with Crippen LogP contribution >= 0.6 is 15.6 Å². The molecule has 96 heavy (non-hydrogen) atoms. The van der Waals surface area contributed by atoms with E-state index in [-0.39, 0.29) is 25.7 Å². The molecule has 0 fully saturated rings. The molecule has 5 atom stereocenters. The third kappa shape index (κ3) is 70.5. The van der Waals surface area contributed by atoms with Crippen LogP contribution in [0.25, 0.3) is 0 Å². The van der Waals surface area contributed by atoms with E-state index < -0.39 is 97.5 Å². The predicted octanol–water partition coefficient (Wildman–Crippen LogP) is 22.7. The number of aliphatic hydroxyl groups is 1. The molecule has 0 aromatic rings. The summed E-state index contributed by atoms with van der Waals surface area (Å²) in [5.41, 5.74) is 0. The van der Waals surface area contributed by atoms with Gasteiger partial charge in [0, 0.05) is 25.7 Å². The van der Waals surface area contributed by atoms with Crippen molar-refractivity contribution < 1.29 is 80.2 Å². The largest absolute Gasteiger partial charge is 0.472 e. The number of aliphatic hydroxyl groups excluding tert-OH is 1. The summed E-state index contributed by atoms with van der Waals surface area (Å²) in [6.07, 6.45) is 56.9. The molecule has 17 nitrogen and oxygen atoms in total. The standard InChI is InChI=1S/C77H150O17P2/c1-7-9-11-13-15-17-18-19-20-21-22-23-24-25-32-37-43-49-55-61-76(81)94-73(66-88-75(80)60-54-48-42-36-31-27-26-29-34-39-45-51-57-69(3)4)68-92-96(85,86)90-64-71(78)63-89-95(83,84)91-67-72(65-87-74(79)59-53-47-41-16-14-12-10-8-2)93-77(82)62-56-50-44-38-33-28-30-35-40-46-52-58-70(5)6/h69-73,78H,7-68H2,1-6H3,(H,83,84)(H,85,86)/t71-,72+,73+/m0/s1. The van der Waals surface area contributed by atoms with Crippen molar-refractivity contribution in [1.29, 1.82) is 0 Å². The highest BCUT2D eigenvalue weighted by molar-refractivity contribution is 7.47. The molecule has 0 aliphatic heterocycles. The van der Waals surface area contributed by atoms with Crippen molar-refractivity contribution in [1.82, 2.24) is 0 Å². The Balaban J connectivity index is 5.21. The Labute approximate surface area is 588 Å². The third-order valence-corrected chi connectivity index (χ3v) is 19.9. The smallest absolute Gasteiger partial charge is 0.462 e. The summed E-state index contributed by atoms with van der Waals surface area (Å²) in [7, 11) is -9.91. The lowest BCUT2D eigenvalue weighted by atomic mass is 10.0. The number of hydrogen-bond donors (Lipinski definition) is 3. The van der Waals surface area contributed by atoms with Gasteiger partial charge in [0.1, 0.15) is 19.3 Å². The fourth-order valence-electron chi connectivity index (χ4n) is 11.8. The molecule has 0 saturated heterocycles. The van der Waals surface area contributed by atoms with Crippen LogP contribution in [-0.2, 0) is 65.4 Å². The molecule has 0 rings (SSSR count). The molecule has 0 amide bonds. The Bertz CT molecular complexity index is 1860. The van der Waals surface area contributed by atoms with Crippen LogP contribution in [0.2, 0.25) is 0 Å². The van der Waals surface area contributed by atoms with Crippen molar-refractivity contribution in [2.24, 2.45) is 11.8 Å². The van der Waals surface area contributed by atoms with E-state index in [1.54, 1.807) is 0 Å². The molecular weight excluding hydrogens is 1260 g/mol. The van der Waals surface area contributed by atoms with Crippen molar-refractivity contribution in [3.8, 4) is 0 Å². The zero-order valence-corrected chi connectivity index (χ0v) is 64.5. The number of ether oxygens (including phenoxy) is 4. The normalized spacial score (nSPS) is 14.0. The highest BCUT2D eigenvalue weighted by Gasteiger charge is 2.30. The van der Waals surface area contributed by atoms with Crippen LogP contribution < -0.4 is 0 Å². The van der Waals surface area contributed by atoms with E-state index in [1.165, 1.54) is 212 Å². The van der Waals surface area contributed by atoms with Crippen LogP contribution in [0.1, 0.15) is 401 Å². The Morgan fingerprint density at radius 2 is 0.479 bits per heavy atom. The number of esters is 4. The number of phosphoric ester groups is 2. The average molecular weight is 1410 g/mol. The lowest BCUT2D eigenvalue weighted by molar-refractivity contribution is -0.161. The molecular formula is C77H150O17P2. The maximum atomic E-state index is 13.1. The van der Waals surface area contributed by atoms with Gasteiger partial charge in [0.15, 0.2) is 12.2 Å². The summed E-state index contributed by atoms with van der Waals surface area (Å²) in [5.74, 6) is -0.569. The fraction of sp³-hybridized carbons (Fsp3) is 0.948. The molecule has 0 aliphatic carbocycles. The van der Waals surface area contributed by atoms with Crippen molar-refractivity contribution in [2.75, 3.05) is 39.6 Å². The Morgan fingerprint density at radius 1 is 0.281 bits per heavy atom. The minimum atomic E-state index is -4.96. The van der Waals surface area contributed by atoms with Gasteiger partial charge >= 0.3 is 39.5 Å². The molecule has 0 heterocycles. The zero-order valence-electron chi connectivity index (χ0n) is 62.7. The SMILES string of the molecule is CCCCCCCCCCCCCCCCCCCCCC(=O)O[C@H](COC(=O)CCCCCCCCCCCCCCC(C)C)COP(=O)(O)OC[C@@H](O)COP(=O)(O)OC[C@@H](COC(=O)CCCCCCCCCC)OC(=O)CCCCCCCCCCCCCC(C)C.